The Balaban J connectivity index is 1.81. The summed E-state index contributed by atoms with van der Waals surface area (Å²) in [6.45, 7) is 3.62. The van der Waals surface area contributed by atoms with Crippen molar-refractivity contribution in [3.63, 3.8) is 0 Å². The molecule has 1 aromatic heterocycles. The second-order valence-electron chi connectivity index (χ2n) is 6.08. The Labute approximate surface area is 159 Å². The number of aromatic amines is 1. The van der Waals surface area contributed by atoms with E-state index < -0.39 is 10.8 Å². The van der Waals surface area contributed by atoms with Crippen LogP contribution in [-0.4, -0.2) is 26.8 Å². The lowest BCUT2D eigenvalue weighted by Crippen LogP contribution is -2.20. The summed E-state index contributed by atoms with van der Waals surface area (Å²) in [5.41, 5.74) is 4.39. The van der Waals surface area contributed by atoms with Gasteiger partial charge < -0.3 is 0 Å². The molecule has 0 atom stereocenters. The van der Waals surface area contributed by atoms with Crippen molar-refractivity contribution in [1.82, 2.24) is 15.2 Å². The predicted molar refractivity (Wildman–Crippen MR) is 104 cm³/mol. The first-order chi connectivity index (χ1) is 13.4. The van der Waals surface area contributed by atoms with Crippen molar-refractivity contribution in [1.29, 1.82) is 0 Å². The van der Waals surface area contributed by atoms with Crippen LogP contribution < -0.4 is 11.0 Å². The molecule has 0 fully saturated rings. The summed E-state index contributed by atoms with van der Waals surface area (Å²) in [5.74, 6) is -0.618. The Hall–Kier alpha value is -4.01. The van der Waals surface area contributed by atoms with Crippen LogP contribution in [0.5, 0.6) is 0 Å². The molecule has 2 aromatic carbocycles. The molecule has 9 nitrogen and oxygen atoms in total. The van der Waals surface area contributed by atoms with Gasteiger partial charge in [0.25, 0.3) is 17.2 Å². The summed E-state index contributed by atoms with van der Waals surface area (Å²) in [6, 6.07) is 12.7. The van der Waals surface area contributed by atoms with Crippen LogP contribution in [0.1, 0.15) is 27.2 Å². The van der Waals surface area contributed by atoms with E-state index in [-0.39, 0.29) is 16.8 Å². The monoisotopic (exact) mass is 379 g/mol. The van der Waals surface area contributed by atoms with Crippen LogP contribution in [0.4, 0.5) is 5.69 Å². The van der Waals surface area contributed by atoms with Crippen LogP contribution in [-0.2, 0) is 0 Å². The molecular formula is C19H17N5O4. The molecule has 0 aliphatic carbocycles. The smallest absolute Gasteiger partial charge is 0.280 e. The van der Waals surface area contributed by atoms with Crippen molar-refractivity contribution in [3.05, 3.63) is 91.4 Å². The molecule has 1 amide bonds. The van der Waals surface area contributed by atoms with Crippen LogP contribution in [0.2, 0.25) is 0 Å². The summed E-state index contributed by atoms with van der Waals surface area (Å²) in [6.07, 6.45) is 1.25. The van der Waals surface area contributed by atoms with Gasteiger partial charge in [0.2, 0.25) is 0 Å². The third-order valence-electron chi connectivity index (χ3n) is 4.15. The zero-order chi connectivity index (χ0) is 20.3. The van der Waals surface area contributed by atoms with Gasteiger partial charge in [-0.1, -0.05) is 24.3 Å². The molecule has 3 aromatic rings. The fourth-order valence-electron chi connectivity index (χ4n) is 2.68. The lowest BCUT2D eigenvalue weighted by molar-refractivity contribution is -0.384. The number of rotatable bonds is 5. The number of nitrogens with zero attached hydrogens (tertiary/aromatic N) is 3. The van der Waals surface area contributed by atoms with Gasteiger partial charge in [-0.25, -0.2) is 10.1 Å². The first-order valence-corrected chi connectivity index (χ1v) is 8.34. The van der Waals surface area contributed by atoms with E-state index >= 15 is 0 Å². The van der Waals surface area contributed by atoms with E-state index in [4.69, 9.17) is 0 Å². The van der Waals surface area contributed by atoms with Gasteiger partial charge in [0, 0.05) is 23.4 Å². The third kappa shape index (κ3) is 3.73. The summed E-state index contributed by atoms with van der Waals surface area (Å²) in [7, 11) is 0. The van der Waals surface area contributed by atoms with E-state index in [1.807, 2.05) is 31.2 Å². The number of H-pyrrole nitrogens is 1. The first-order valence-electron chi connectivity index (χ1n) is 8.34. The number of benzene rings is 2. The number of carbonyl (C=O) groups excluding carboxylic acids is 1. The highest BCUT2D eigenvalue weighted by Gasteiger charge is 2.13. The topological polar surface area (TPSA) is 122 Å². The van der Waals surface area contributed by atoms with Crippen molar-refractivity contribution < 1.29 is 9.72 Å². The maximum atomic E-state index is 12.7. The summed E-state index contributed by atoms with van der Waals surface area (Å²) >= 11 is 0. The lowest BCUT2D eigenvalue weighted by Gasteiger charge is -2.04. The number of para-hydroxylation sites is 1. The van der Waals surface area contributed by atoms with Gasteiger partial charge >= 0.3 is 0 Å². The average molecular weight is 379 g/mol. The molecule has 0 radical (unpaired) electrons. The number of hydrogen-bond acceptors (Lipinski definition) is 5. The molecule has 0 unspecified atom stereocenters. The van der Waals surface area contributed by atoms with Gasteiger partial charge in [0.1, 0.15) is 0 Å². The van der Waals surface area contributed by atoms with Crippen molar-refractivity contribution in [3.8, 4) is 5.69 Å². The van der Waals surface area contributed by atoms with Crippen LogP contribution in [0.15, 0.2) is 58.4 Å². The Morgan fingerprint density at radius 1 is 1.21 bits per heavy atom. The van der Waals surface area contributed by atoms with E-state index in [1.54, 1.807) is 6.92 Å². The van der Waals surface area contributed by atoms with E-state index in [2.05, 4.69) is 15.6 Å². The molecule has 0 saturated carbocycles. The van der Waals surface area contributed by atoms with E-state index in [9.17, 15) is 19.7 Å². The number of aryl methyl sites for hydroxylation is 2. The molecule has 0 aliphatic rings. The van der Waals surface area contributed by atoms with Crippen molar-refractivity contribution in [2.45, 2.75) is 13.8 Å². The molecule has 28 heavy (non-hydrogen) atoms. The number of nitrogens with one attached hydrogen (secondary N) is 2. The van der Waals surface area contributed by atoms with E-state index in [1.165, 1.54) is 29.1 Å². The Morgan fingerprint density at radius 3 is 2.68 bits per heavy atom. The number of carbonyl (C=O) groups is 1. The van der Waals surface area contributed by atoms with Crippen LogP contribution in [0.3, 0.4) is 0 Å². The van der Waals surface area contributed by atoms with Crippen LogP contribution in [0.25, 0.3) is 5.69 Å². The molecule has 2 N–H and O–H groups in total. The van der Waals surface area contributed by atoms with Crippen molar-refractivity contribution in [2.24, 2.45) is 5.10 Å². The minimum Gasteiger partial charge on any atom is -0.295 e. The van der Waals surface area contributed by atoms with Crippen LogP contribution in [0, 0.1) is 24.0 Å². The van der Waals surface area contributed by atoms with Crippen molar-refractivity contribution >= 4 is 17.8 Å². The van der Waals surface area contributed by atoms with E-state index in [0.717, 1.165) is 17.3 Å². The second kappa shape index (κ2) is 7.70. The molecular weight excluding hydrogens is 362 g/mol. The maximum Gasteiger partial charge on any atom is 0.280 e. The summed E-state index contributed by atoms with van der Waals surface area (Å²) in [5, 5.41) is 17.6. The molecule has 142 valence electrons. The average Bonchev–Trinajstić information content (AvgIpc) is 2.96. The minimum absolute atomic E-state index is 0.0921. The lowest BCUT2D eigenvalue weighted by atomic mass is 10.2. The molecule has 0 saturated heterocycles. The maximum absolute atomic E-state index is 12.7. The Bertz CT molecular complexity index is 1140. The zero-order valence-corrected chi connectivity index (χ0v) is 15.2. The molecule has 9 heteroatoms. The van der Waals surface area contributed by atoms with Gasteiger partial charge in [0.15, 0.2) is 0 Å². The second-order valence-corrected chi connectivity index (χ2v) is 6.08. The molecule has 0 bridgehead atoms. The van der Waals surface area contributed by atoms with Gasteiger partial charge in [-0.05, 0) is 31.5 Å². The molecule has 0 aliphatic heterocycles. The largest absolute Gasteiger partial charge is 0.295 e. The van der Waals surface area contributed by atoms with Gasteiger partial charge in [-0.15, -0.1) is 0 Å². The standard InChI is InChI=1S/C19H17N5O4/c1-12-6-3-4-9-17(12)23-19(26)16(13(2)22-23)11-20-21-18(25)14-7-5-8-15(10-14)24(27)28/h3-11,22H,1-2H3,(H,21,25)/b20-11+. The number of amides is 1. The minimum atomic E-state index is -0.618. The fourth-order valence-corrected chi connectivity index (χ4v) is 2.68. The fraction of sp³-hybridized carbons (Fsp3) is 0.105. The van der Waals surface area contributed by atoms with Gasteiger partial charge in [0.05, 0.1) is 22.4 Å². The molecule has 1 heterocycles. The number of non-ortho nitro benzene ring substituents is 1. The van der Waals surface area contributed by atoms with Crippen molar-refractivity contribution in [2.75, 3.05) is 0 Å². The number of nitro groups is 1. The van der Waals surface area contributed by atoms with Gasteiger partial charge in [-0.3, -0.25) is 24.8 Å². The first kappa shape index (κ1) is 18.8. The Kier molecular flexibility index (Phi) is 5.16. The molecule has 3 rings (SSSR count). The summed E-state index contributed by atoms with van der Waals surface area (Å²) in [4.78, 5) is 35.0. The highest BCUT2D eigenvalue weighted by Crippen LogP contribution is 2.13. The van der Waals surface area contributed by atoms with Gasteiger partial charge in [-0.2, -0.15) is 5.10 Å². The SMILES string of the molecule is Cc1ccccc1-n1[nH]c(C)c(/C=N/NC(=O)c2cccc([N+](=O)[O-])c2)c1=O. The highest BCUT2D eigenvalue weighted by atomic mass is 16.6. The third-order valence-corrected chi connectivity index (χ3v) is 4.15. The predicted octanol–water partition coefficient (Wildman–Crippen LogP) is 2.45. The van der Waals surface area contributed by atoms with E-state index in [0.29, 0.717) is 11.3 Å². The highest BCUT2D eigenvalue weighted by molar-refractivity contribution is 5.95. The Morgan fingerprint density at radius 2 is 1.96 bits per heavy atom. The zero-order valence-electron chi connectivity index (χ0n) is 15.2. The number of hydrogen-bond donors (Lipinski definition) is 2. The quantitative estimate of drug-likeness (QED) is 0.401. The summed E-state index contributed by atoms with van der Waals surface area (Å²) < 4.78 is 1.41. The number of aromatic nitrogens is 2. The molecule has 0 spiro atoms. The normalized spacial score (nSPS) is 10.9. The number of nitro benzene ring substituents is 1. The van der Waals surface area contributed by atoms with Crippen LogP contribution >= 0.6 is 0 Å². The number of hydrazone groups is 1.